The highest BCUT2D eigenvalue weighted by Gasteiger charge is 2.40. The van der Waals surface area contributed by atoms with Gasteiger partial charge in [0.15, 0.2) is 0 Å². The third-order valence-corrected chi connectivity index (χ3v) is 4.37. The van der Waals surface area contributed by atoms with Gasteiger partial charge in [0, 0.05) is 12.6 Å². The third kappa shape index (κ3) is 2.53. The van der Waals surface area contributed by atoms with Crippen LogP contribution in [0.3, 0.4) is 0 Å². The molecule has 1 saturated carbocycles. The van der Waals surface area contributed by atoms with Crippen molar-refractivity contribution >= 4 is 17.7 Å². The molecule has 1 aliphatic carbocycles. The van der Waals surface area contributed by atoms with Gasteiger partial charge >= 0.3 is 12.0 Å². The molecule has 2 N–H and O–H groups in total. The lowest BCUT2D eigenvalue weighted by atomic mass is 10.1. The lowest BCUT2D eigenvalue weighted by Gasteiger charge is -2.27. The average Bonchev–Trinajstić information content (AvgIpc) is 3.10. The minimum absolute atomic E-state index is 0.0343. The highest BCUT2D eigenvalue weighted by atomic mass is 16.5. The van der Waals surface area contributed by atoms with Crippen LogP contribution in [0.25, 0.3) is 0 Å². The van der Waals surface area contributed by atoms with E-state index < -0.39 is 5.97 Å². The molecule has 2 fully saturated rings. The van der Waals surface area contributed by atoms with E-state index in [9.17, 15) is 14.7 Å². The van der Waals surface area contributed by atoms with Gasteiger partial charge in [-0.05, 0) is 43.4 Å². The summed E-state index contributed by atoms with van der Waals surface area (Å²) < 4.78 is 5.02. The number of aromatic carboxylic acids is 1. The molecular formula is C15H18N2O4. The predicted molar refractivity (Wildman–Crippen MR) is 76.8 cm³/mol. The zero-order chi connectivity index (χ0) is 15.0. The molecule has 1 aromatic rings. The smallest absolute Gasteiger partial charge is 0.337 e. The molecule has 0 radical (unpaired) electrons. The molecule has 0 spiro atoms. The fourth-order valence-electron chi connectivity index (χ4n) is 3.30. The summed E-state index contributed by atoms with van der Waals surface area (Å²) in [6, 6.07) is 4.71. The Balaban J connectivity index is 1.78. The van der Waals surface area contributed by atoms with E-state index in [1.54, 1.807) is 12.1 Å². The van der Waals surface area contributed by atoms with E-state index in [4.69, 9.17) is 4.74 Å². The van der Waals surface area contributed by atoms with Crippen LogP contribution in [0.4, 0.5) is 10.5 Å². The number of hydrogen-bond donors (Lipinski definition) is 2. The molecular weight excluding hydrogens is 272 g/mol. The van der Waals surface area contributed by atoms with Crippen LogP contribution >= 0.6 is 0 Å². The molecule has 3 rings (SSSR count). The number of nitrogens with one attached hydrogen (secondary N) is 1. The van der Waals surface area contributed by atoms with Gasteiger partial charge in [0.1, 0.15) is 5.75 Å². The highest BCUT2D eigenvalue weighted by Crippen LogP contribution is 2.37. The van der Waals surface area contributed by atoms with E-state index in [-0.39, 0.29) is 11.6 Å². The number of carboxylic acid groups (broad SMARTS) is 1. The fourth-order valence-corrected chi connectivity index (χ4v) is 3.30. The predicted octanol–water partition coefficient (Wildman–Crippen LogP) is 2.41. The van der Waals surface area contributed by atoms with Crippen LogP contribution in [0, 0.1) is 5.92 Å². The van der Waals surface area contributed by atoms with E-state index in [1.807, 2.05) is 4.90 Å². The first-order valence-electron chi connectivity index (χ1n) is 7.07. The lowest BCUT2D eigenvalue weighted by Crippen LogP contribution is -2.40. The van der Waals surface area contributed by atoms with E-state index in [1.165, 1.54) is 19.6 Å². The van der Waals surface area contributed by atoms with Gasteiger partial charge in [-0.2, -0.15) is 0 Å². The number of methoxy groups -OCH3 is 1. The number of fused-ring (bicyclic) bond motifs is 2. The molecule has 1 aromatic carbocycles. The molecule has 2 unspecified atom stereocenters. The van der Waals surface area contributed by atoms with Crippen molar-refractivity contribution in [3.63, 3.8) is 0 Å². The topological polar surface area (TPSA) is 78.9 Å². The number of benzene rings is 1. The zero-order valence-electron chi connectivity index (χ0n) is 11.8. The lowest BCUT2D eigenvalue weighted by molar-refractivity contribution is 0.0697. The van der Waals surface area contributed by atoms with Crippen LogP contribution in [0.5, 0.6) is 5.75 Å². The largest absolute Gasteiger partial charge is 0.497 e. The number of carbonyl (C=O) groups excluding carboxylic acids is 1. The molecule has 6 heteroatoms. The van der Waals surface area contributed by atoms with Gasteiger partial charge in [0.25, 0.3) is 0 Å². The Morgan fingerprint density at radius 1 is 1.38 bits per heavy atom. The maximum Gasteiger partial charge on any atom is 0.337 e. The Morgan fingerprint density at radius 3 is 2.76 bits per heavy atom. The monoisotopic (exact) mass is 290 g/mol. The standard InChI is InChI=1S/C15H18N2O4/c1-21-11-4-5-13(12(7-11)14(18)19)16-15(20)17-8-9-2-3-10(17)6-9/h4-5,7,9-10H,2-3,6,8H2,1H3,(H,16,20)(H,18,19). The Hall–Kier alpha value is -2.24. The Labute approximate surface area is 122 Å². The number of hydrogen-bond acceptors (Lipinski definition) is 3. The van der Waals surface area contributed by atoms with E-state index >= 15 is 0 Å². The first-order valence-corrected chi connectivity index (χ1v) is 7.07. The summed E-state index contributed by atoms with van der Waals surface area (Å²) in [7, 11) is 1.47. The number of piperidine rings is 1. The van der Waals surface area contributed by atoms with E-state index in [0.29, 0.717) is 23.4 Å². The van der Waals surface area contributed by atoms with Crippen molar-refractivity contribution in [2.24, 2.45) is 5.92 Å². The number of likely N-dealkylation sites (tertiary alicyclic amines) is 1. The number of amides is 2. The van der Waals surface area contributed by atoms with Crippen molar-refractivity contribution < 1.29 is 19.4 Å². The van der Waals surface area contributed by atoms with Gasteiger partial charge in [-0.1, -0.05) is 0 Å². The number of nitrogens with zero attached hydrogens (tertiary/aromatic N) is 1. The van der Waals surface area contributed by atoms with Crippen molar-refractivity contribution in [3.05, 3.63) is 23.8 Å². The molecule has 1 heterocycles. The summed E-state index contributed by atoms with van der Waals surface area (Å²) in [4.78, 5) is 25.4. The Bertz CT molecular complexity index is 587. The number of carboxylic acids is 1. The molecule has 2 amide bonds. The number of anilines is 1. The highest BCUT2D eigenvalue weighted by molar-refractivity contribution is 6.00. The quantitative estimate of drug-likeness (QED) is 0.896. The second-order valence-corrected chi connectivity index (χ2v) is 5.63. The van der Waals surface area contributed by atoms with Gasteiger partial charge in [-0.3, -0.25) is 0 Å². The number of urea groups is 1. The summed E-state index contributed by atoms with van der Waals surface area (Å²) in [5.41, 5.74) is 0.336. The molecule has 112 valence electrons. The van der Waals surface area contributed by atoms with Crippen molar-refractivity contribution in [1.29, 1.82) is 0 Å². The first-order chi connectivity index (χ1) is 10.1. The molecule has 2 atom stereocenters. The summed E-state index contributed by atoms with van der Waals surface area (Å²) in [6.07, 6.45) is 3.31. The molecule has 2 bridgehead atoms. The third-order valence-electron chi connectivity index (χ3n) is 4.37. The number of carbonyl (C=O) groups is 2. The van der Waals surface area contributed by atoms with Crippen molar-refractivity contribution in [2.45, 2.75) is 25.3 Å². The molecule has 1 saturated heterocycles. The average molecular weight is 290 g/mol. The van der Waals surface area contributed by atoms with Gasteiger partial charge in [0.05, 0.1) is 18.4 Å². The zero-order valence-corrected chi connectivity index (χ0v) is 11.8. The van der Waals surface area contributed by atoms with Gasteiger partial charge < -0.3 is 20.1 Å². The fraction of sp³-hybridized carbons (Fsp3) is 0.467. The van der Waals surface area contributed by atoms with E-state index in [2.05, 4.69) is 5.32 Å². The molecule has 1 aliphatic heterocycles. The van der Waals surface area contributed by atoms with Crippen LogP contribution in [0.1, 0.15) is 29.6 Å². The maximum absolute atomic E-state index is 12.3. The summed E-state index contributed by atoms with van der Waals surface area (Å²) in [5.74, 6) is -0.0340. The van der Waals surface area contributed by atoms with Crippen LogP contribution in [0.2, 0.25) is 0 Å². The maximum atomic E-state index is 12.3. The molecule has 2 aliphatic rings. The van der Waals surface area contributed by atoms with Gasteiger partial charge in [-0.15, -0.1) is 0 Å². The first kappa shape index (κ1) is 13.7. The van der Waals surface area contributed by atoms with Crippen LogP contribution in [-0.4, -0.2) is 41.7 Å². The molecule has 21 heavy (non-hydrogen) atoms. The number of rotatable bonds is 3. The SMILES string of the molecule is COc1ccc(NC(=O)N2CC3CCC2C3)c(C(=O)O)c1. The van der Waals surface area contributed by atoms with Gasteiger partial charge in [0.2, 0.25) is 0 Å². The van der Waals surface area contributed by atoms with Crippen LogP contribution in [0.15, 0.2) is 18.2 Å². The van der Waals surface area contributed by atoms with Crippen molar-refractivity contribution in [2.75, 3.05) is 19.0 Å². The van der Waals surface area contributed by atoms with Gasteiger partial charge in [-0.25, -0.2) is 9.59 Å². The van der Waals surface area contributed by atoms with Crippen LogP contribution < -0.4 is 10.1 Å². The molecule has 6 nitrogen and oxygen atoms in total. The summed E-state index contributed by atoms with van der Waals surface area (Å²) in [6.45, 7) is 0.773. The normalized spacial score (nSPS) is 23.2. The van der Waals surface area contributed by atoms with Crippen molar-refractivity contribution in [1.82, 2.24) is 4.90 Å². The van der Waals surface area contributed by atoms with E-state index in [0.717, 1.165) is 19.4 Å². The second kappa shape index (κ2) is 5.27. The van der Waals surface area contributed by atoms with Crippen molar-refractivity contribution in [3.8, 4) is 5.75 Å². The summed E-state index contributed by atoms with van der Waals surface area (Å²) >= 11 is 0. The molecule has 0 aromatic heterocycles. The Morgan fingerprint density at radius 2 is 2.19 bits per heavy atom. The minimum atomic E-state index is -1.09. The van der Waals surface area contributed by atoms with Crippen LogP contribution in [-0.2, 0) is 0 Å². The Kier molecular flexibility index (Phi) is 3.45. The second-order valence-electron chi connectivity index (χ2n) is 5.63. The number of ether oxygens (including phenoxy) is 1. The minimum Gasteiger partial charge on any atom is -0.497 e. The summed E-state index contributed by atoms with van der Waals surface area (Å²) in [5, 5.41) is 12.0.